The lowest BCUT2D eigenvalue weighted by Crippen LogP contribution is -2.69. The van der Waals surface area contributed by atoms with Crippen LogP contribution >= 0.6 is 11.8 Å². The van der Waals surface area contributed by atoms with Crippen LogP contribution in [0.15, 0.2) is 24.3 Å². The number of amides is 3. The molecule has 0 aromatic heterocycles. The van der Waals surface area contributed by atoms with E-state index in [1.165, 1.54) is 7.11 Å². The summed E-state index contributed by atoms with van der Waals surface area (Å²) < 4.78 is 5.27. The van der Waals surface area contributed by atoms with Gasteiger partial charge in [0.05, 0.1) is 25.1 Å². The molecule has 4 rings (SSSR count). The first-order valence-electron chi connectivity index (χ1n) is 8.23. The number of rotatable bonds is 2. The third-order valence-electron chi connectivity index (χ3n) is 5.02. The predicted molar refractivity (Wildman–Crippen MR) is 92.4 cm³/mol. The van der Waals surface area contributed by atoms with Gasteiger partial charge >= 0.3 is 0 Å². The lowest BCUT2D eigenvalue weighted by atomic mass is 10.0. The van der Waals surface area contributed by atoms with E-state index in [-0.39, 0.29) is 30.3 Å². The number of hydrogen-bond donors (Lipinski definition) is 0. The Morgan fingerprint density at radius 3 is 2.68 bits per heavy atom. The van der Waals surface area contributed by atoms with Gasteiger partial charge in [-0.25, -0.2) is 0 Å². The lowest BCUT2D eigenvalue weighted by Gasteiger charge is -2.47. The highest BCUT2D eigenvalue weighted by Gasteiger charge is 2.50. The van der Waals surface area contributed by atoms with Crippen molar-refractivity contribution in [3.05, 3.63) is 29.8 Å². The molecule has 3 aliphatic rings. The van der Waals surface area contributed by atoms with Crippen molar-refractivity contribution in [1.29, 1.82) is 0 Å². The SMILES string of the molecule is COc1ccccc1C(=O)N1CCN2C(=O)[C@@H]3CSCN3C(=O)[C@H]2C1. The first-order chi connectivity index (χ1) is 12.1. The monoisotopic (exact) mass is 361 g/mol. The molecule has 132 valence electrons. The molecule has 8 heteroatoms. The number of piperazine rings is 2. The fraction of sp³-hybridized carbons (Fsp3) is 0.471. The minimum Gasteiger partial charge on any atom is -0.496 e. The van der Waals surface area contributed by atoms with Gasteiger partial charge in [0.2, 0.25) is 11.8 Å². The number of carbonyl (C=O) groups excluding carboxylic acids is 3. The van der Waals surface area contributed by atoms with E-state index < -0.39 is 6.04 Å². The highest BCUT2D eigenvalue weighted by atomic mass is 32.2. The average Bonchev–Trinajstić information content (AvgIpc) is 3.15. The molecule has 3 heterocycles. The third kappa shape index (κ3) is 2.55. The Balaban J connectivity index is 1.57. The van der Waals surface area contributed by atoms with Crippen LogP contribution in [0.3, 0.4) is 0 Å². The van der Waals surface area contributed by atoms with E-state index in [1.807, 2.05) is 6.07 Å². The van der Waals surface area contributed by atoms with Crippen LogP contribution in [-0.4, -0.2) is 82.9 Å². The number of carbonyl (C=O) groups is 3. The second kappa shape index (κ2) is 6.25. The molecule has 0 unspecified atom stereocenters. The quantitative estimate of drug-likeness (QED) is 0.756. The van der Waals surface area contributed by atoms with Crippen molar-refractivity contribution in [1.82, 2.24) is 14.7 Å². The zero-order chi connectivity index (χ0) is 17.6. The third-order valence-corrected chi connectivity index (χ3v) is 6.04. The van der Waals surface area contributed by atoms with E-state index in [0.717, 1.165) is 0 Å². The van der Waals surface area contributed by atoms with Crippen molar-refractivity contribution in [2.75, 3.05) is 38.4 Å². The van der Waals surface area contributed by atoms with Gasteiger partial charge in [-0.3, -0.25) is 14.4 Å². The van der Waals surface area contributed by atoms with Crippen LogP contribution in [0.4, 0.5) is 0 Å². The number of methoxy groups -OCH3 is 1. The smallest absolute Gasteiger partial charge is 0.257 e. The molecule has 1 aromatic rings. The summed E-state index contributed by atoms with van der Waals surface area (Å²) in [5, 5.41) is 0. The molecule has 0 spiro atoms. The Morgan fingerprint density at radius 2 is 1.88 bits per heavy atom. The van der Waals surface area contributed by atoms with Crippen molar-refractivity contribution in [2.45, 2.75) is 12.1 Å². The molecule has 0 bridgehead atoms. The summed E-state index contributed by atoms with van der Waals surface area (Å²) in [7, 11) is 1.53. The van der Waals surface area contributed by atoms with Gasteiger partial charge in [-0.05, 0) is 12.1 Å². The second-order valence-electron chi connectivity index (χ2n) is 6.32. The Bertz CT molecular complexity index is 740. The number of para-hydroxylation sites is 1. The van der Waals surface area contributed by atoms with Crippen LogP contribution in [0.2, 0.25) is 0 Å². The fourth-order valence-corrected chi connectivity index (χ4v) is 4.84. The number of nitrogens with zero attached hydrogens (tertiary/aromatic N) is 3. The van der Waals surface area contributed by atoms with Gasteiger partial charge in [0.15, 0.2) is 0 Å². The zero-order valence-electron chi connectivity index (χ0n) is 13.9. The van der Waals surface area contributed by atoms with Gasteiger partial charge < -0.3 is 19.4 Å². The predicted octanol–water partition coefficient (Wildman–Crippen LogP) is 0.263. The lowest BCUT2D eigenvalue weighted by molar-refractivity contribution is -0.161. The van der Waals surface area contributed by atoms with Gasteiger partial charge in [0.1, 0.15) is 17.8 Å². The van der Waals surface area contributed by atoms with Crippen LogP contribution < -0.4 is 4.74 Å². The Kier molecular flexibility index (Phi) is 4.07. The molecule has 0 saturated carbocycles. The van der Waals surface area contributed by atoms with E-state index in [4.69, 9.17) is 4.74 Å². The van der Waals surface area contributed by atoms with E-state index in [2.05, 4.69) is 0 Å². The van der Waals surface area contributed by atoms with Gasteiger partial charge in [-0.15, -0.1) is 11.8 Å². The molecule has 3 aliphatic heterocycles. The normalized spacial score (nSPS) is 25.7. The molecule has 1 aromatic carbocycles. The molecular formula is C17H19N3O4S. The summed E-state index contributed by atoms with van der Waals surface area (Å²) in [6, 6.07) is 6.15. The van der Waals surface area contributed by atoms with Crippen molar-refractivity contribution in [3.8, 4) is 5.75 Å². The van der Waals surface area contributed by atoms with Crippen LogP contribution in [0.1, 0.15) is 10.4 Å². The van der Waals surface area contributed by atoms with Crippen molar-refractivity contribution in [2.24, 2.45) is 0 Å². The maximum absolute atomic E-state index is 12.9. The van der Waals surface area contributed by atoms with Crippen molar-refractivity contribution < 1.29 is 19.1 Å². The summed E-state index contributed by atoms with van der Waals surface area (Å²) in [4.78, 5) is 43.2. The largest absolute Gasteiger partial charge is 0.496 e. The summed E-state index contributed by atoms with van der Waals surface area (Å²) in [6.07, 6.45) is 0. The summed E-state index contributed by atoms with van der Waals surface area (Å²) in [5.74, 6) is 1.52. The zero-order valence-corrected chi connectivity index (χ0v) is 14.7. The molecule has 2 atom stereocenters. The van der Waals surface area contributed by atoms with Gasteiger partial charge in [-0.2, -0.15) is 0 Å². The van der Waals surface area contributed by atoms with Gasteiger partial charge in [-0.1, -0.05) is 12.1 Å². The Hall–Kier alpha value is -2.22. The number of ether oxygens (including phenoxy) is 1. The highest BCUT2D eigenvalue weighted by Crippen LogP contribution is 2.31. The number of benzene rings is 1. The highest BCUT2D eigenvalue weighted by molar-refractivity contribution is 7.99. The molecule has 0 aliphatic carbocycles. The first-order valence-corrected chi connectivity index (χ1v) is 9.38. The molecule has 0 radical (unpaired) electrons. The summed E-state index contributed by atoms with van der Waals surface area (Å²) in [5.41, 5.74) is 0.475. The minimum absolute atomic E-state index is 0.0130. The molecule has 0 N–H and O–H groups in total. The maximum atomic E-state index is 12.9. The Morgan fingerprint density at radius 1 is 1.12 bits per heavy atom. The van der Waals surface area contributed by atoms with Crippen LogP contribution in [0, 0.1) is 0 Å². The van der Waals surface area contributed by atoms with E-state index >= 15 is 0 Å². The molecule has 3 amide bonds. The van der Waals surface area contributed by atoms with E-state index in [0.29, 0.717) is 36.0 Å². The Labute approximate surface area is 149 Å². The van der Waals surface area contributed by atoms with Crippen LogP contribution in [0.5, 0.6) is 5.75 Å². The molecular weight excluding hydrogens is 342 g/mol. The van der Waals surface area contributed by atoms with Crippen LogP contribution in [0.25, 0.3) is 0 Å². The fourth-order valence-electron chi connectivity index (χ4n) is 3.68. The maximum Gasteiger partial charge on any atom is 0.257 e. The average molecular weight is 361 g/mol. The van der Waals surface area contributed by atoms with E-state index in [1.54, 1.807) is 44.7 Å². The number of thioether (sulfide) groups is 1. The molecule has 3 fully saturated rings. The molecule has 7 nitrogen and oxygen atoms in total. The second-order valence-corrected chi connectivity index (χ2v) is 7.32. The number of fused-ring (bicyclic) bond motifs is 2. The first kappa shape index (κ1) is 16.3. The van der Waals surface area contributed by atoms with Gasteiger partial charge in [0.25, 0.3) is 5.91 Å². The number of hydrogen-bond acceptors (Lipinski definition) is 5. The topological polar surface area (TPSA) is 70.2 Å². The summed E-state index contributed by atoms with van der Waals surface area (Å²) >= 11 is 1.60. The summed E-state index contributed by atoms with van der Waals surface area (Å²) in [6.45, 7) is 1.05. The molecule has 3 saturated heterocycles. The van der Waals surface area contributed by atoms with E-state index in [9.17, 15) is 14.4 Å². The van der Waals surface area contributed by atoms with Gasteiger partial charge in [0, 0.05) is 18.8 Å². The van der Waals surface area contributed by atoms with Crippen molar-refractivity contribution >= 4 is 29.5 Å². The minimum atomic E-state index is -0.574. The van der Waals surface area contributed by atoms with Crippen molar-refractivity contribution in [3.63, 3.8) is 0 Å². The van der Waals surface area contributed by atoms with Crippen LogP contribution in [-0.2, 0) is 9.59 Å². The molecule has 25 heavy (non-hydrogen) atoms. The standard InChI is InChI=1S/C17H19N3O4S/c1-24-14-5-3-2-4-11(14)15(21)18-6-7-19-12(8-18)16(22)20-10-25-9-13(20)17(19)23/h2-5,12-13H,6-10H2,1H3/t12-,13+/m1/s1.